The van der Waals surface area contributed by atoms with E-state index in [-0.39, 0.29) is 18.6 Å². The minimum atomic E-state index is -0.491. The predicted octanol–water partition coefficient (Wildman–Crippen LogP) is 3.59. The van der Waals surface area contributed by atoms with Crippen molar-refractivity contribution in [1.82, 2.24) is 4.90 Å². The standard InChI is InChI=1S/C20H27NO3/c1-15-4-8-17(9-5-15)10-13-20(23)24-14-19(22)21(3)18-11-6-16(2)7-12-18/h4-5,8-10,13,16,18H,6-7,11-12,14H2,1-3H3/b13-10+. The van der Waals surface area contributed by atoms with Crippen molar-refractivity contribution in [1.29, 1.82) is 0 Å². The Bertz CT molecular complexity index is 583. The van der Waals surface area contributed by atoms with E-state index in [1.54, 1.807) is 18.0 Å². The number of aryl methyl sites for hydroxylation is 1. The van der Waals surface area contributed by atoms with Crippen LogP contribution in [-0.2, 0) is 14.3 Å². The largest absolute Gasteiger partial charge is 0.452 e. The second-order valence-electron chi connectivity index (χ2n) is 6.77. The van der Waals surface area contributed by atoms with Crippen molar-refractivity contribution < 1.29 is 14.3 Å². The molecule has 1 aromatic carbocycles. The molecule has 0 aliphatic heterocycles. The van der Waals surface area contributed by atoms with Crippen LogP contribution in [0, 0.1) is 12.8 Å². The number of esters is 1. The topological polar surface area (TPSA) is 46.6 Å². The maximum Gasteiger partial charge on any atom is 0.331 e. The summed E-state index contributed by atoms with van der Waals surface area (Å²) in [6, 6.07) is 8.10. The molecule has 130 valence electrons. The second-order valence-corrected chi connectivity index (χ2v) is 6.77. The quantitative estimate of drug-likeness (QED) is 0.612. The predicted molar refractivity (Wildman–Crippen MR) is 95.4 cm³/mol. The molecule has 1 aromatic rings. The molecular formula is C20H27NO3. The summed E-state index contributed by atoms with van der Waals surface area (Å²) in [5.74, 6) is 0.121. The molecule has 1 aliphatic rings. The van der Waals surface area contributed by atoms with Gasteiger partial charge in [0.25, 0.3) is 5.91 Å². The normalized spacial score (nSPS) is 20.8. The molecule has 4 nitrogen and oxygen atoms in total. The second kappa shape index (κ2) is 8.67. The van der Waals surface area contributed by atoms with Crippen LogP contribution < -0.4 is 0 Å². The molecule has 0 spiro atoms. The van der Waals surface area contributed by atoms with Crippen molar-refractivity contribution in [2.75, 3.05) is 13.7 Å². The van der Waals surface area contributed by atoms with Gasteiger partial charge in [0.1, 0.15) is 0 Å². The Labute approximate surface area is 144 Å². The van der Waals surface area contributed by atoms with Gasteiger partial charge in [-0.25, -0.2) is 4.79 Å². The zero-order valence-electron chi connectivity index (χ0n) is 14.8. The lowest BCUT2D eigenvalue weighted by Crippen LogP contribution is -2.41. The van der Waals surface area contributed by atoms with E-state index in [4.69, 9.17) is 4.74 Å². The van der Waals surface area contributed by atoms with Crippen molar-refractivity contribution in [2.45, 2.75) is 45.6 Å². The van der Waals surface area contributed by atoms with Crippen LogP contribution in [-0.4, -0.2) is 36.5 Å². The first-order valence-electron chi connectivity index (χ1n) is 8.63. The number of benzene rings is 1. The summed E-state index contributed by atoms with van der Waals surface area (Å²) in [7, 11) is 1.80. The Morgan fingerprint density at radius 1 is 1.17 bits per heavy atom. The number of carbonyl (C=O) groups is 2. The van der Waals surface area contributed by atoms with Gasteiger partial charge in [-0.1, -0.05) is 36.8 Å². The number of likely N-dealkylation sites (N-methyl/N-ethyl adjacent to an activating group) is 1. The van der Waals surface area contributed by atoms with Crippen LogP contribution in [0.4, 0.5) is 0 Å². The van der Waals surface area contributed by atoms with Crippen molar-refractivity contribution in [3.63, 3.8) is 0 Å². The van der Waals surface area contributed by atoms with Gasteiger partial charge >= 0.3 is 5.97 Å². The molecule has 0 heterocycles. The molecule has 0 unspecified atom stereocenters. The fourth-order valence-corrected chi connectivity index (χ4v) is 2.96. The van der Waals surface area contributed by atoms with Crippen molar-refractivity contribution in [3.8, 4) is 0 Å². The number of carbonyl (C=O) groups excluding carboxylic acids is 2. The van der Waals surface area contributed by atoms with Gasteiger partial charge in [0.15, 0.2) is 6.61 Å². The summed E-state index contributed by atoms with van der Waals surface area (Å²) in [5, 5.41) is 0. The summed E-state index contributed by atoms with van der Waals surface area (Å²) < 4.78 is 5.07. The molecule has 1 amide bonds. The van der Waals surface area contributed by atoms with Crippen LogP contribution in [0.3, 0.4) is 0 Å². The Kier molecular flexibility index (Phi) is 6.59. The number of nitrogens with zero attached hydrogens (tertiary/aromatic N) is 1. The van der Waals surface area contributed by atoms with Crippen LogP contribution >= 0.6 is 0 Å². The lowest BCUT2D eigenvalue weighted by Gasteiger charge is -2.33. The van der Waals surface area contributed by atoms with Gasteiger partial charge in [0, 0.05) is 19.2 Å². The molecule has 0 saturated heterocycles. The Balaban J connectivity index is 1.76. The van der Waals surface area contributed by atoms with Crippen molar-refractivity contribution >= 4 is 18.0 Å². The van der Waals surface area contributed by atoms with Crippen LogP contribution in [0.5, 0.6) is 0 Å². The highest BCUT2D eigenvalue weighted by atomic mass is 16.5. The average Bonchev–Trinajstić information content (AvgIpc) is 2.59. The Morgan fingerprint density at radius 2 is 1.79 bits per heavy atom. The monoisotopic (exact) mass is 329 g/mol. The van der Waals surface area contributed by atoms with E-state index in [2.05, 4.69) is 6.92 Å². The van der Waals surface area contributed by atoms with E-state index in [0.29, 0.717) is 0 Å². The summed E-state index contributed by atoms with van der Waals surface area (Å²) in [4.78, 5) is 25.7. The zero-order chi connectivity index (χ0) is 17.5. The molecule has 0 atom stereocenters. The van der Waals surface area contributed by atoms with Crippen molar-refractivity contribution in [3.05, 3.63) is 41.5 Å². The molecule has 0 bridgehead atoms. The third-order valence-corrected chi connectivity index (χ3v) is 4.75. The van der Waals surface area contributed by atoms with Crippen LogP contribution in [0.1, 0.15) is 43.7 Å². The Morgan fingerprint density at radius 3 is 2.42 bits per heavy atom. The van der Waals surface area contributed by atoms with Gasteiger partial charge in [-0.15, -0.1) is 0 Å². The summed E-state index contributed by atoms with van der Waals surface area (Å²) >= 11 is 0. The van der Waals surface area contributed by atoms with E-state index in [1.165, 1.54) is 11.6 Å². The summed E-state index contributed by atoms with van der Waals surface area (Å²) in [6.45, 7) is 4.07. The first kappa shape index (κ1) is 18.2. The van der Waals surface area contributed by atoms with Gasteiger partial charge in [-0.05, 0) is 50.2 Å². The minimum Gasteiger partial charge on any atom is -0.452 e. The zero-order valence-corrected chi connectivity index (χ0v) is 14.8. The summed E-state index contributed by atoms with van der Waals surface area (Å²) in [5.41, 5.74) is 2.10. The van der Waals surface area contributed by atoms with Gasteiger partial charge in [0.05, 0.1) is 0 Å². The van der Waals surface area contributed by atoms with E-state index in [0.717, 1.165) is 37.2 Å². The number of hydrogen-bond acceptors (Lipinski definition) is 3. The maximum atomic E-state index is 12.2. The van der Waals surface area contributed by atoms with E-state index >= 15 is 0 Å². The molecule has 24 heavy (non-hydrogen) atoms. The van der Waals surface area contributed by atoms with E-state index < -0.39 is 5.97 Å². The number of rotatable bonds is 5. The molecule has 0 N–H and O–H groups in total. The molecule has 2 rings (SSSR count). The van der Waals surface area contributed by atoms with Gasteiger partial charge in [-0.2, -0.15) is 0 Å². The maximum absolute atomic E-state index is 12.2. The molecule has 1 saturated carbocycles. The molecule has 4 heteroatoms. The van der Waals surface area contributed by atoms with Crippen molar-refractivity contribution in [2.24, 2.45) is 5.92 Å². The Hall–Kier alpha value is -2.10. The molecule has 1 aliphatic carbocycles. The highest BCUT2D eigenvalue weighted by Gasteiger charge is 2.25. The fraction of sp³-hybridized carbons (Fsp3) is 0.500. The lowest BCUT2D eigenvalue weighted by atomic mass is 9.87. The third kappa shape index (κ3) is 5.52. The van der Waals surface area contributed by atoms with E-state index in [1.807, 2.05) is 31.2 Å². The SMILES string of the molecule is Cc1ccc(/C=C/C(=O)OCC(=O)N(C)C2CCC(C)CC2)cc1. The van der Waals surface area contributed by atoms with Crippen LogP contribution in [0.2, 0.25) is 0 Å². The molecule has 0 aromatic heterocycles. The van der Waals surface area contributed by atoms with Gasteiger partial charge in [0.2, 0.25) is 0 Å². The third-order valence-electron chi connectivity index (χ3n) is 4.75. The number of ether oxygens (including phenoxy) is 1. The smallest absolute Gasteiger partial charge is 0.331 e. The van der Waals surface area contributed by atoms with Crippen LogP contribution in [0.15, 0.2) is 30.3 Å². The minimum absolute atomic E-state index is 0.133. The number of amides is 1. The number of hydrogen-bond donors (Lipinski definition) is 0. The first-order valence-corrected chi connectivity index (χ1v) is 8.63. The molecule has 1 fully saturated rings. The highest BCUT2D eigenvalue weighted by molar-refractivity contribution is 5.89. The van der Waals surface area contributed by atoms with Gasteiger partial charge < -0.3 is 9.64 Å². The molecule has 0 radical (unpaired) electrons. The van der Waals surface area contributed by atoms with Crippen LogP contribution in [0.25, 0.3) is 6.08 Å². The van der Waals surface area contributed by atoms with E-state index in [9.17, 15) is 9.59 Å². The summed E-state index contributed by atoms with van der Waals surface area (Å²) in [6.07, 6.45) is 7.43. The average molecular weight is 329 g/mol. The lowest BCUT2D eigenvalue weighted by molar-refractivity contribution is -0.148. The first-order chi connectivity index (χ1) is 11.5. The molecular weight excluding hydrogens is 302 g/mol. The fourth-order valence-electron chi connectivity index (χ4n) is 2.96. The van der Waals surface area contributed by atoms with Gasteiger partial charge in [-0.3, -0.25) is 4.79 Å². The highest BCUT2D eigenvalue weighted by Crippen LogP contribution is 2.26.